The lowest BCUT2D eigenvalue weighted by molar-refractivity contribution is -0.141. The number of hydrogen-bond acceptors (Lipinski definition) is 4. The maximum Gasteiger partial charge on any atom is 0.326 e. The van der Waals surface area contributed by atoms with Crippen LogP contribution in [0.5, 0.6) is 0 Å². The van der Waals surface area contributed by atoms with E-state index in [1.165, 1.54) is 4.90 Å². The lowest BCUT2D eigenvalue weighted by Crippen LogP contribution is -2.52. The van der Waals surface area contributed by atoms with Crippen LogP contribution in [0.1, 0.15) is 19.3 Å². The van der Waals surface area contributed by atoms with Crippen molar-refractivity contribution >= 4 is 12.0 Å². The fourth-order valence-corrected chi connectivity index (χ4v) is 3.01. The third kappa shape index (κ3) is 3.04. The van der Waals surface area contributed by atoms with Crippen LogP contribution in [-0.2, 0) is 4.79 Å². The van der Waals surface area contributed by atoms with E-state index in [1.54, 1.807) is 4.90 Å². The minimum absolute atomic E-state index is 0.114. The first-order valence-corrected chi connectivity index (χ1v) is 7.03. The predicted octanol–water partition coefficient (Wildman–Crippen LogP) is -0.348. The summed E-state index contributed by atoms with van der Waals surface area (Å²) in [6.45, 7) is 1.39. The van der Waals surface area contributed by atoms with Gasteiger partial charge in [0, 0.05) is 32.1 Å². The zero-order valence-electron chi connectivity index (χ0n) is 12.0. The molecule has 0 spiro atoms. The molecule has 2 aliphatic rings. The van der Waals surface area contributed by atoms with Gasteiger partial charge in [-0.15, -0.1) is 0 Å². The van der Waals surface area contributed by atoms with Crippen molar-refractivity contribution in [2.24, 2.45) is 0 Å². The highest BCUT2D eigenvalue weighted by atomic mass is 16.4. The summed E-state index contributed by atoms with van der Waals surface area (Å²) in [5, 5.41) is 18.7. The quantitative estimate of drug-likeness (QED) is 0.724. The molecule has 7 nitrogen and oxygen atoms in total. The molecule has 20 heavy (non-hydrogen) atoms. The van der Waals surface area contributed by atoms with E-state index in [0.717, 1.165) is 12.8 Å². The third-order valence-electron chi connectivity index (χ3n) is 4.28. The normalized spacial score (nSPS) is 28.2. The molecule has 2 atom stereocenters. The van der Waals surface area contributed by atoms with Gasteiger partial charge in [0.05, 0.1) is 6.10 Å². The van der Waals surface area contributed by atoms with Crippen molar-refractivity contribution in [3.8, 4) is 0 Å². The Morgan fingerprint density at radius 1 is 1.20 bits per heavy atom. The molecule has 2 aliphatic heterocycles. The van der Waals surface area contributed by atoms with Crippen LogP contribution in [0.3, 0.4) is 0 Å². The summed E-state index contributed by atoms with van der Waals surface area (Å²) in [4.78, 5) is 28.7. The van der Waals surface area contributed by atoms with Crippen molar-refractivity contribution < 1.29 is 19.8 Å². The Hall–Kier alpha value is -1.34. The molecule has 2 amide bonds. The van der Waals surface area contributed by atoms with Gasteiger partial charge in [0.1, 0.15) is 6.04 Å². The molecule has 114 valence electrons. The Bertz CT molecular complexity index is 380. The molecule has 0 aromatic carbocycles. The smallest absolute Gasteiger partial charge is 0.326 e. The number of nitrogens with zero attached hydrogens (tertiary/aromatic N) is 3. The van der Waals surface area contributed by atoms with Crippen molar-refractivity contribution in [1.29, 1.82) is 0 Å². The second kappa shape index (κ2) is 5.97. The number of aliphatic hydroxyl groups is 1. The van der Waals surface area contributed by atoms with Crippen LogP contribution in [0.2, 0.25) is 0 Å². The van der Waals surface area contributed by atoms with Gasteiger partial charge >= 0.3 is 12.0 Å². The molecule has 0 aliphatic carbocycles. The van der Waals surface area contributed by atoms with Crippen molar-refractivity contribution in [2.45, 2.75) is 37.5 Å². The van der Waals surface area contributed by atoms with Crippen LogP contribution in [0, 0.1) is 0 Å². The number of likely N-dealkylation sites (tertiary alicyclic amines) is 2. The number of carboxylic acid groups (broad SMARTS) is 1. The monoisotopic (exact) mass is 285 g/mol. The number of carbonyl (C=O) groups is 2. The Morgan fingerprint density at radius 2 is 1.80 bits per heavy atom. The van der Waals surface area contributed by atoms with Gasteiger partial charge < -0.3 is 24.9 Å². The summed E-state index contributed by atoms with van der Waals surface area (Å²) in [6.07, 6.45) is 1.17. The van der Waals surface area contributed by atoms with Crippen LogP contribution < -0.4 is 0 Å². The number of aliphatic hydroxyl groups excluding tert-OH is 1. The number of carboxylic acids is 1. The van der Waals surface area contributed by atoms with E-state index in [9.17, 15) is 14.7 Å². The van der Waals surface area contributed by atoms with Gasteiger partial charge in [0.15, 0.2) is 0 Å². The molecule has 2 unspecified atom stereocenters. The molecule has 7 heteroatoms. The lowest BCUT2D eigenvalue weighted by Gasteiger charge is -2.37. The van der Waals surface area contributed by atoms with Gasteiger partial charge in [-0.25, -0.2) is 9.59 Å². The first-order chi connectivity index (χ1) is 9.40. The molecule has 0 aromatic heterocycles. The van der Waals surface area contributed by atoms with Gasteiger partial charge in [-0.3, -0.25) is 0 Å². The summed E-state index contributed by atoms with van der Waals surface area (Å²) < 4.78 is 0. The minimum Gasteiger partial charge on any atom is -0.480 e. The maximum atomic E-state index is 12.4. The lowest BCUT2D eigenvalue weighted by atomic mass is 10.0. The van der Waals surface area contributed by atoms with Gasteiger partial charge in [-0.2, -0.15) is 0 Å². The fourth-order valence-electron chi connectivity index (χ4n) is 3.01. The van der Waals surface area contributed by atoms with E-state index in [1.807, 2.05) is 14.1 Å². The molecule has 0 bridgehead atoms. The van der Waals surface area contributed by atoms with E-state index in [4.69, 9.17) is 5.11 Å². The Morgan fingerprint density at radius 3 is 2.30 bits per heavy atom. The highest BCUT2D eigenvalue weighted by molar-refractivity contribution is 5.83. The number of urea groups is 1. The second-order valence-corrected chi connectivity index (χ2v) is 5.86. The Balaban J connectivity index is 1.96. The minimum atomic E-state index is -1.04. The van der Waals surface area contributed by atoms with Crippen molar-refractivity contribution in [2.75, 3.05) is 33.7 Å². The van der Waals surface area contributed by atoms with E-state index in [0.29, 0.717) is 19.1 Å². The second-order valence-electron chi connectivity index (χ2n) is 5.86. The average molecular weight is 285 g/mol. The van der Waals surface area contributed by atoms with Crippen LogP contribution in [0.4, 0.5) is 4.79 Å². The predicted molar refractivity (Wildman–Crippen MR) is 72.4 cm³/mol. The van der Waals surface area contributed by atoms with E-state index in [2.05, 4.69) is 4.90 Å². The number of amides is 2. The summed E-state index contributed by atoms with van der Waals surface area (Å²) in [5.41, 5.74) is 0. The third-order valence-corrected chi connectivity index (χ3v) is 4.28. The summed E-state index contributed by atoms with van der Waals surface area (Å²) >= 11 is 0. The van der Waals surface area contributed by atoms with E-state index in [-0.39, 0.29) is 19.0 Å². The van der Waals surface area contributed by atoms with Gasteiger partial charge in [0.25, 0.3) is 0 Å². The number of piperidine rings is 1. The molecule has 0 aromatic rings. The van der Waals surface area contributed by atoms with Gasteiger partial charge in [0.2, 0.25) is 0 Å². The molecular formula is C13H23N3O4. The largest absolute Gasteiger partial charge is 0.480 e. The molecule has 2 fully saturated rings. The van der Waals surface area contributed by atoms with Crippen LogP contribution in [0.15, 0.2) is 0 Å². The molecule has 2 N–H and O–H groups in total. The van der Waals surface area contributed by atoms with Crippen LogP contribution in [-0.4, -0.2) is 88.8 Å². The van der Waals surface area contributed by atoms with Crippen molar-refractivity contribution in [3.63, 3.8) is 0 Å². The summed E-state index contributed by atoms with van der Waals surface area (Å²) in [5.74, 6) is -1.04. The summed E-state index contributed by atoms with van der Waals surface area (Å²) in [6, 6.07) is -0.686. The number of rotatable bonds is 2. The summed E-state index contributed by atoms with van der Waals surface area (Å²) in [7, 11) is 4.05. The number of hydrogen-bond donors (Lipinski definition) is 2. The van der Waals surface area contributed by atoms with Gasteiger partial charge in [-0.05, 0) is 26.9 Å². The van der Waals surface area contributed by atoms with E-state index >= 15 is 0 Å². The highest BCUT2D eigenvalue weighted by Gasteiger charge is 2.41. The molecule has 2 heterocycles. The zero-order chi connectivity index (χ0) is 14.9. The molecule has 2 saturated heterocycles. The standard InChI is InChI=1S/C13H23N3O4/c1-14(2)9-3-5-15(6-4-9)13(20)16-8-10(17)7-11(16)12(18)19/h9-11,17H,3-8H2,1-2H3,(H,18,19). The number of β-amino-alcohol motifs (C(OH)–C–C–N with tert-alkyl or cyclic N) is 1. The molecule has 2 rings (SSSR count). The Kier molecular flexibility index (Phi) is 4.49. The first kappa shape index (κ1) is 15.1. The molecule has 0 radical (unpaired) electrons. The average Bonchev–Trinajstić information content (AvgIpc) is 2.80. The van der Waals surface area contributed by atoms with Crippen molar-refractivity contribution in [3.05, 3.63) is 0 Å². The topological polar surface area (TPSA) is 84.3 Å². The van der Waals surface area contributed by atoms with E-state index < -0.39 is 18.1 Å². The molecule has 0 saturated carbocycles. The first-order valence-electron chi connectivity index (χ1n) is 7.03. The SMILES string of the molecule is CN(C)C1CCN(C(=O)N2CC(O)CC2C(=O)O)CC1. The van der Waals surface area contributed by atoms with Crippen molar-refractivity contribution in [1.82, 2.24) is 14.7 Å². The van der Waals surface area contributed by atoms with Crippen LogP contribution in [0.25, 0.3) is 0 Å². The Labute approximate surface area is 118 Å². The van der Waals surface area contributed by atoms with Gasteiger partial charge in [-0.1, -0.05) is 0 Å². The number of carbonyl (C=O) groups excluding carboxylic acids is 1. The maximum absolute atomic E-state index is 12.4. The zero-order valence-corrected chi connectivity index (χ0v) is 12.0. The van der Waals surface area contributed by atoms with Crippen LogP contribution >= 0.6 is 0 Å². The fraction of sp³-hybridized carbons (Fsp3) is 0.846. The number of aliphatic carboxylic acids is 1. The highest BCUT2D eigenvalue weighted by Crippen LogP contribution is 2.22. The molecular weight excluding hydrogens is 262 g/mol.